The SMILES string of the molecule is Nc1nc2c(ncn2[13C@@H]2O[13C@H]([13CH2]O)[13C@@H](O)[13C@H]2O)c(=O)[nH]1.O. The third-order valence-corrected chi connectivity index (χ3v) is 3.24. The Morgan fingerprint density at radius 2 is 2.14 bits per heavy atom. The number of ether oxygens (including phenoxy) is 1. The van der Waals surface area contributed by atoms with E-state index in [0.717, 1.165) is 0 Å². The van der Waals surface area contributed by atoms with E-state index in [1.165, 1.54) is 10.9 Å². The van der Waals surface area contributed by atoms with Crippen molar-refractivity contribution in [3.8, 4) is 0 Å². The number of nitrogens with zero attached hydrogens (tertiary/aromatic N) is 3. The lowest BCUT2D eigenvalue weighted by atomic mass is 10.5. The molecule has 11 nitrogen and oxygen atoms in total. The highest BCUT2D eigenvalue weighted by molar-refractivity contribution is 5.70. The number of aliphatic hydroxyl groups is 3. The first kappa shape index (κ1) is 15.3. The van der Waals surface area contributed by atoms with Crippen LogP contribution in [-0.4, -0.2) is 65.2 Å². The second kappa shape index (κ2) is 5.38. The van der Waals surface area contributed by atoms with Crippen molar-refractivity contribution in [2.75, 3.05) is 12.3 Å². The highest BCUT2D eigenvalue weighted by Crippen LogP contribution is 2.30. The van der Waals surface area contributed by atoms with Crippen molar-refractivity contribution in [2.45, 2.75) is 24.5 Å². The molecule has 11 heteroatoms. The van der Waals surface area contributed by atoms with Crippen LogP contribution in [0.3, 0.4) is 0 Å². The van der Waals surface area contributed by atoms with Gasteiger partial charge in [0.1, 0.15) is 18.3 Å². The Morgan fingerprint density at radius 1 is 1.43 bits per heavy atom. The molecule has 1 fully saturated rings. The van der Waals surface area contributed by atoms with Gasteiger partial charge >= 0.3 is 0 Å². The molecule has 4 atom stereocenters. The molecule has 0 saturated carbocycles. The molecule has 0 aromatic carbocycles. The summed E-state index contributed by atoms with van der Waals surface area (Å²) in [6.07, 6.45) is -3.21. The van der Waals surface area contributed by atoms with Crippen molar-refractivity contribution in [3.05, 3.63) is 16.7 Å². The number of aliphatic hydroxyl groups excluding tert-OH is 3. The number of aromatic nitrogens is 4. The first-order chi connectivity index (χ1) is 9.52. The van der Waals surface area contributed by atoms with E-state index in [1.54, 1.807) is 0 Å². The number of fused-ring (bicyclic) bond motifs is 1. The number of anilines is 1. The number of nitrogens with two attached hydrogens (primary N) is 1. The molecule has 1 aliphatic rings. The average Bonchev–Trinajstić information content (AvgIpc) is 2.93. The Kier molecular flexibility index (Phi) is 3.93. The first-order valence-electron chi connectivity index (χ1n) is 5.87. The third-order valence-electron chi connectivity index (χ3n) is 3.24. The standard InChI is InChI=1S/C10H13N5O5.H2O/c11-10-13-7-4(8(19)14-10)12-2-15(7)9-6(18)5(17)3(1-16)20-9;/h2-3,5-6,9,16-18H,1H2,(H3,11,13,14,19);1H2/t3-,5-,6-,9-;/m1./s1/i1+1,3+1,5+1,6+1,9+1;. The van der Waals surface area contributed by atoms with Gasteiger partial charge in [-0.15, -0.1) is 0 Å². The van der Waals surface area contributed by atoms with E-state index < -0.39 is 36.7 Å². The lowest BCUT2D eigenvalue weighted by Gasteiger charge is -2.16. The summed E-state index contributed by atoms with van der Waals surface area (Å²) in [5, 5.41) is 28.7. The number of rotatable bonds is 2. The smallest absolute Gasteiger partial charge is 0.280 e. The predicted molar refractivity (Wildman–Crippen MR) is 69.2 cm³/mol. The minimum Gasteiger partial charge on any atom is -0.412 e. The second-order valence-electron chi connectivity index (χ2n) is 4.50. The van der Waals surface area contributed by atoms with E-state index in [2.05, 4.69) is 15.0 Å². The molecule has 0 radical (unpaired) electrons. The van der Waals surface area contributed by atoms with E-state index in [9.17, 15) is 15.0 Å². The van der Waals surface area contributed by atoms with Gasteiger partial charge in [-0.25, -0.2) is 4.98 Å². The molecule has 2 aromatic rings. The maximum Gasteiger partial charge on any atom is 0.280 e. The van der Waals surface area contributed by atoms with Crippen LogP contribution in [0.2, 0.25) is 0 Å². The van der Waals surface area contributed by atoms with Crippen molar-refractivity contribution in [1.29, 1.82) is 0 Å². The lowest BCUT2D eigenvalue weighted by Crippen LogP contribution is -2.33. The van der Waals surface area contributed by atoms with Crippen molar-refractivity contribution in [3.63, 3.8) is 0 Å². The van der Waals surface area contributed by atoms with Crippen LogP contribution >= 0.6 is 0 Å². The largest absolute Gasteiger partial charge is 0.412 e. The van der Waals surface area contributed by atoms with Crippen molar-refractivity contribution < 1.29 is 25.5 Å². The molecular weight excluding hydrogens is 291 g/mol. The summed E-state index contributed by atoms with van der Waals surface area (Å²) in [4.78, 5) is 21.8. The maximum absolute atomic E-state index is 11.7. The fourth-order valence-electron chi connectivity index (χ4n) is 2.24. The minimum atomic E-state index is -1.29. The summed E-state index contributed by atoms with van der Waals surface area (Å²) in [6, 6.07) is 0. The molecule has 116 valence electrons. The third kappa shape index (κ3) is 2.26. The van der Waals surface area contributed by atoms with E-state index >= 15 is 0 Å². The Bertz CT molecular complexity index is 699. The molecule has 0 spiro atoms. The van der Waals surface area contributed by atoms with Crippen molar-refractivity contribution >= 4 is 17.1 Å². The van der Waals surface area contributed by atoms with Gasteiger partial charge in [0.15, 0.2) is 17.4 Å². The molecule has 0 aliphatic carbocycles. The number of hydrogen-bond acceptors (Lipinski definition) is 8. The number of imidazole rings is 1. The van der Waals surface area contributed by atoms with Gasteiger partial charge in [0, 0.05) is 0 Å². The molecule has 3 rings (SSSR count). The quantitative estimate of drug-likeness (QED) is 0.352. The van der Waals surface area contributed by atoms with Crippen LogP contribution in [0.4, 0.5) is 5.95 Å². The molecule has 0 unspecified atom stereocenters. The highest BCUT2D eigenvalue weighted by atomic mass is 16.8. The van der Waals surface area contributed by atoms with Gasteiger partial charge in [0.2, 0.25) is 5.95 Å². The summed E-state index contributed by atoms with van der Waals surface area (Å²) >= 11 is 0. The Morgan fingerprint density at radius 3 is 2.76 bits per heavy atom. The van der Waals surface area contributed by atoms with Crippen LogP contribution in [0.5, 0.6) is 0 Å². The molecule has 2 aromatic heterocycles. The number of hydrogen-bond donors (Lipinski definition) is 5. The fourth-order valence-corrected chi connectivity index (χ4v) is 2.24. The molecule has 1 saturated heterocycles. The average molecular weight is 306 g/mol. The van der Waals surface area contributed by atoms with Gasteiger partial charge in [0.25, 0.3) is 5.56 Å². The number of nitrogen functional groups attached to an aromatic ring is 1. The molecule has 1 aliphatic heterocycles. The van der Waals surface area contributed by atoms with E-state index in [0.29, 0.717) is 0 Å². The summed E-state index contributed by atoms with van der Waals surface area (Å²) in [6.45, 7) is -0.447. The predicted octanol–water partition coefficient (Wildman–Crippen LogP) is -3.51. The maximum atomic E-state index is 11.7. The van der Waals surface area contributed by atoms with Gasteiger partial charge in [-0.2, -0.15) is 4.98 Å². The Labute approximate surface area is 116 Å². The molecule has 8 N–H and O–H groups in total. The summed E-state index contributed by atoms with van der Waals surface area (Å²) in [7, 11) is 0. The van der Waals surface area contributed by atoms with E-state index in [4.69, 9.17) is 15.6 Å². The molecule has 21 heavy (non-hydrogen) atoms. The second-order valence-corrected chi connectivity index (χ2v) is 4.50. The zero-order valence-corrected chi connectivity index (χ0v) is 10.7. The van der Waals surface area contributed by atoms with Crippen LogP contribution in [0, 0.1) is 0 Å². The van der Waals surface area contributed by atoms with Crippen molar-refractivity contribution in [1.82, 2.24) is 19.5 Å². The highest BCUT2D eigenvalue weighted by Gasteiger charge is 2.44. The topological polar surface area (TPSA) is 191 Å². The van der Waals surface area contributed by atoms with Crippen LogP contribution in [0.15, 0.2) is 11.1 Å². The molecule has 0 amide bonds. The molecular formula is C10H15N5O6. The van der Waals surface area contributed by atoms with Gasteiger partial charge in [-0.05, 0) is 0 Å². The zero-order valence-electron chi connectivity index (χ0n) is 10.7. The van der Waals surface area contributed by atoms with Crippen LogP contribution in [-0.2, 0) is 4.74 Å². The van der Waals surface area contributed by atoms with Gasteiger partial charge in [-0.3, -0.25) is 14.3 Å². The molecule has 3 heterocycles. The van der Waals surface area contributed by atoms with Crippen LogP contribution < -0.4 is 11.3 Å². The lowest BCUT2D eigenvalue weighted by molar-refractivity contribution is -0.0511. The van der Waals surface area contributed by atoms with Crippen LogP contribution in [0.1, 0.15) is 6.23 Å². The molecule has 0 bridgehead atoms. The van der Waals surface area contributed by atoms with Crippen molar-refractivity contribution in [2.24, 2.45) is 0 Å². The van der Waals surface area contributed by atoms with Crippen LogP contribution in [0.25, 0.3) is 11.2 Å². The Hall–Kier alpha value is -2.05. The first-order valence-corrected chi connectivity index (χ1v) is 5.87. The van der Waals surface area contributed by atoms with E-state index in [-0.39, 0.29) is 22.6 Å². The normalized spacial score (nSPS) is 28.7. The zero-order chi connectivity index (χ0) is 14.4. The fraction of sp³-hybridized carbons (Fsp3) is 0.500. The van der Waals surface area contributed by atoms with Gasteiger partial charge in [-0.1, -0.05) is 0 Å². The van der Waals surface area contributed by atoms with E-state index in [1.807, 2.05) is 0 Å². The summed E-state index contributed by atoms with van der Waals surface area (Å²) < 4.78 is 6.64. The number of H-pyrrole nitrogens is 1. The number of aromatic amines is 1. The minimum absolute atomic E-state index is 0. The van der Waals surface area contributed by atoms with Gasteiger partial charge < -0.3 is 31.3 Å². The Balaban J connectivity index is 0.00000161. The number of nitrogens with one attached hydrogen (secondary N) is 1. The summed E-state index contributed by atoms with van der Waals surface area (Å²) in [5.41, 5.74) is 5.12. The monoisotopic (exact) mass is 306 g/mol. The van der Waals surface area contributed by atoms with Gasteiger partial charge in [0.05, 0.1) is 12.9 Å². The summed E-state index contributed by atoms with van der Waals surface area (Å²) in [5.74, 6) is -0.101.